The highest BCUT2D eigenvalue weighted by Gasteiger charge is 2.23. The number of carbonyl (C=O) groups is 1. The molecular weight excluding hydrogens is 238 g/mol. The Kier molecular flexibility index (Phi) is 3.54. The van der Waals surface area contributed by atoms with Gasteiger partial charge in [0.05, 0.1) is 11.4 Å². The van der Waals surface area contributed by atoms with Crippen molar-refractivity contribution in [1.82, 2.24) is 0 Å². The van der Waals surface area contributed by atoms with E-state index in [1.54, 1.807) is 18.0 Å². The van der Waals surface area contributed by atoms with Gasteiger partial charge in [0, 0.05) is 38.1 Å². The average molecular weight is 254 g/mol. The van der Waals surface area contributed by atoms with Gasteiger partial charge in [0.2, 0.25) is 5.91 Å². The van der Waals surface area contributed by atoms with Crippen molar-refractivity contribution in [3.63, 3.8) is 0 Å². The number of nitrogens with zero attached hydrogens (tertiary/aromatic N) is 2. The van der Waals surface area contributed by atoms with Crippen LogP contribution in [0.5, 0.6) is 0 Å². The maximum atomic E-state index is 11.8. The average Bonchev–Trinajstić information content (AvgIpc) is 2.42. The second-order valence-corrected chi connectivity index (χ2v) is 4.55. The zero-order chi connectivity index (χ0) is 12.4. The van der Waals surface area contributed by atoms with Crippen LogP contribution in [0.25, 0.3) is 0 Å². The fraction of sp³-hybridized carbons (Fsp3) is 0.417. The lowest BCUT2D eigenvalue weighted by molar-refractivity contribution is -0.118. The summed E-state index contributed by atoms with van der Waals surface area (Å²) in [7, 11) is 1.79. The third-order valence-electron chi connectivity index (χ3n) is 3.01. The molecule has 1 aliphatic rings. The smallest absolute Gasteiger partial charge is 0.228 e. The number of halogens is 1. The molecule has 0 unspecified atom stereocenters. The number of anilines is 2. The molecule has 0 bridgehead atoms. The Morgan fingerprint density at radius 2 is 2.18 bits per heavy atom. The summed E-state index contributed by atoms with van der Waals surface area (Å²) in [5.41, 5.74) is 7.48. The standard InChI is InChI=1S/C12H16ClN3O/c1-15-10-3-2-9(13)8-11(10)16(7-5-14)6-4-12(15)17/h2-3,8H,4-7,14H2,1H3. The van der Waals surface area contributed by atoms with Gasteiger partial charge in [-0.3, -0.25) is 4.79 Å². The first-order valence-corrected chi connectivity index (χ1v) is 6.02. The fourth-order valence-corrected chi connectivity index (χ4v) is 2.24. The van der Waals surface area contributed by atoms with Crippen molar-refractivity contribution in [2.24, 2.45) is 5.73 Å². The van der Waals surface area contributed by atoms with Crippen LogP contribution in [0.3, 0.4) is 0 Å². The van der Waals surface area contributed by atoms with Gasteiger partial charge >= 0.3 is 0 Å². The molecular formula is C12H16ClN3O. The second kappa shape index (κ2) is 4.94. The summed E-state index contributed by atoms with van der Waals surface area (Å²) >= 11 is 6.02. The lowest BCUT2D eigenvalue weighted by atomic mass is 10.2. The minimum absolute atomic E-state index is 0.119. The van der Waals surface area contributed by atoms with Crippen LogP contribution in [0.4, 0.5) is 11.4 Å². The van der Waals surface area contributed by atoms with Gasteiger partial charge < -0.3 is 15.5 Å². The fourth-order valence-electron chi connectivity index (χ4n) is 2.07. The van der Waals surface area contributed by atoms with Crippen LogP contribution in [-0.2, 0) is 4.79 Å². The number of rotatable bonds is 2. The van der Waals surface area contributed by atoms with Crippen LogP contribution in [0.2, 0.25) is 5.02 Å². The predicted octanol–water partition coefficient (Wildman–Crippen LogP) is 1.47. The van der Waals surface area contributed by atoms with Crippen molar-refractivity contribution < 1.29 is 4.79 Å². The van der Waals surface area contributed by atoms with Crippen molar-refractivity contribution in [3.8, 4) is 0 Å². The monoisotopic (exact) mass is 253 g/mol. The van der Waals surface area contributed by atoms with Gasteiger partial charge in [-0.25, -0.2) is 0 Å². The maximum absolute atomic E-state index is 11.8. The van der Waals surface area contributed by atoms with E-state index in [-0.39, 0.29) is 5.91 Å². The van der Waals surface area contributed by atoms with E-state index in [0.29, 0.717) is 24.5 Å². The van der Waals surface area contributed by atoms with Crippen LogP contribution in [0.15, 0.2) is 18.2 Å². The van der Waals surface area contributed by atoms with E-state index in [9.17, 15) is 4.79 Å². The summed E-state index contributed by atoms with van der Waals surface area (Å²) in [6.07, 6.45) is 0.503. The SMILES string of the molecule is CN1C(=O)CCN(CCN)c2cc(Cl)ccc21. The van der Waals surface area contributed by atoms with Gasteiger partial charge in [-0.05, 0) is 18.2 Å². The number of carbonyl (C=O) groups excluding carboxylic acids is 1. The topological polar surface area (TPSA) is 49.6 Å². The molecule has 5 heteroatoms. The molecule has 1 aromatic rings. The van der Waals surface area contributed by atoms with Crippen molar-refractivity contribution in [2.45, 2.75) is 6.42 Å². The third-order valence-corrected chi connectivity index (χ3v) is 3.24. The van der Waals surface area contributed by atoms with Crippen LogP contribution in [0.1, 0.15) is 6.42 Å². The largest absolute Gasteiger partial charge is 0.368 e. The lowest BCUT2D eigenvalue weighted by Gasteiger charge is -2.24. The molecule has 0 aliphatic carbocycles. The van der Waals surface area contributed by atoms with Crippen LogP contribution in [-0.4, -0.2) is 32.6 Å². The van der Waals surface area contributed by atoms with E-state index in [1.807, 2.05) is 12.1 Å². The number of nitrogens with two attached hydrogens (primary N) is 1. The van der Waals surface area contributed by atoms with Crippen molar-refractivity contribution >= 4 is 28.9 Å². The van der Waals surface area contributed by atoms with E-state index >= 15 is 0 Å². The second-order valence-electron chi connectivity index (χ2n) is 4.11. The summed E-state index contributed by atoms with van der Waals surface area (Å²) < 4.78 is 0. The molecule has 0 saturated carbocycles. The Hall–Kier alpha value is -1.26. The molecule has 1 heterocycles. The molecule has 2 rings (SSSR count). The summed E-state index contributed by atoms with van der Waals surface area (Å²) in [5, 5.41) is 0.675. The molecule has 0 aromatic heterocycles. The first-order chi connectivity index (χ1) is 8.13. The van der Waals surface area contributed by atoms with Crippen molar-refractivity contribution in [1.29, 1.82) is 0 Å². The first kappa shape index (κ1) is 12.2. The Bertz CT molecular complexity index is 436. The van der Waals surface area contributed by atoms with E-state index in [0.717, 1.165) is 17.9 Å². The molecule has 2 N–H and O–H groups in total. The minimum atomic E-state index is 0.119. The van der Waals surface area contributed by atoms with E-state index in [2.05, 4.69) is 4.90 Å². The molecule has 17 heavy (non-hydrogen) atoms. The number of hydrogen-bond acceptors (Lipinski definition) is 3. The quantitative estimate of drug-likeness (QED) is 0.869. The lowest BCUT2D eigenvalue weighted by Crippen LogP contribution is -2.30. The van der Waals surface area contributed by atoms with Crippen molar-refractivity contribution in [2.75, 3.05) is 36.5 Å². The number of amides is 1. The predicted molar refractivity (Wildman–Crippen MR) is 70.7 cm³/mol. The molecule has 1 amide bonds. The highest BCUT2D eigenvalue weighted by Crippen LogP contribution is 2.34. The zero-order valence-electron chi connectivity index (χ0n) is 9.82. The van der Waals surface area contributed by atoms with E-state index < -0.39 is 0 Å². The highest BCUT2D eigenvalue weighted by atomic mass is 35.5. The molecule has 0 saturated heterocycles. The molecule has 0 radical (unpaired) electrons. The van der Waals surface area contributed by atoms with Gasteiger partial charge in [0.15, 0.2) is 0 Å². The molecule has 0 fully saturated rings. The minimum Gasteiger partial charge on any atom is -0.368 e. The summed E-state index contributed by atoms with van der Waals surface area (Å²) in [6.45, 7) is 1.98. The zero-order valence-corrected chi connectivity index (χ0v) is 10.6. The summed E-state index contributed by atoms with van der Waals surface area (Å²) in [5.74, 6) is 0.119. The molecule has 0 spiro atoms. The Labute approximate surface area is 106 Å². The Morgan fingerprint density at radius 1 is 1.41 bits per heavy atom. The van der Waals surface area contributed by atoms with Crippen molar-refractivity contribution in [3.05, 3.63) is 23.2 Å². The van der Waals surface area contributed by atoms with E-state index in [4.69, 9.17) is 17.3 Å². The van der Waals surface area contributed by atoms with Crippen LogP contribution in [0, 0.1) is 0 Å². The van der Waals surface area contributed by atoms with Gasteiger partial charge in [0.1, 0.15) is 0 Å². The first-order valence-electron chi connectivity index (χ1n) is 5.64. The molecule has 4 nitrogen and oxygen atoms in total. The van der Waals surface area contributed by atoms with Gasteiger partial charge in [0.25, 0.3) is 0 Å². The molecule has 0 atom stereocenters. The van der Waals surface area contributed by atoms with Gasteiger partial charge in [-0.2, -0.15) is 0 Å². The normalized spacial score (nSPS) is 15.8. The molecule has 92 valence electrons. The van der Waals surface area contributed by atoms with Crippen LogP contribution >= 0.6 is 11.6 Å². The molecule has 1 aliphatic heterocycles. The summed E-state index contributed by atoms with van der Waals surface area (Å²) in [4.78, 5) is 15.6. The maximum Gasteiger partial charge on any atom is 0.228 e. The van der Waals surface area contributed by atoms with E-state index in [1.165, 1.54) is 0 Å². The third kappa shape index (κ3) is 2.37. The number of benzene rings is 1. The Morgan fingerprint density at radius 3 is 2.88 bits per heavy atom. The number of fused-ring (bicyclic) bond motifs is 1. The Balaban J connectivity index is 2.47. The van der Waals surface area contributed by atoms with Gasteiger partial charge in [-0.15, -0.1) is 0 Å². The molecule has 1 aromatic carbocycles. The summed E-state index contributed by atoms with van der Waals surface area (Å²) in [6, 6.07) is 5.57. The van der Waals surface area contributed by atoms with Gasteiger partial charge in [-0.1, -0.05) is 11.6 Å². The number of hydrogen-bond donors (Lipinski definition) is 1. The highest BCUT2D eigenvalue weighted by molar-refractivity contribution is 6.31. The van der Waals surface area contributed by atoms with Crippen LogP contribution < -0.4 is 15.5 Å².